The van der Waals surface area contributed by atoms with E-state index in [1.165, 1.54) is 24.8 Å². The van der Waals surface area contributed by atoms with E-state index in [1.54, 1.807) is 0 Å². The summed E-state index contributed by atoms with van der Waals surface area (Å²) in [6.45, 7) is 4.51. The molecule has 2 aliphatic rings. The molecule has 1 saturated heterocycles. The zero-order chi connectivity index (χ0) is 16.1. The van der Waals surface area contributed by atoms with Gasteiger partial charge in [-0.15, -0.1) is 0 Å². The molecule has 1 saturated carbocycles. The molecule has 126 valence electrons. The van der Waals surface area contributed by atoms with Crippen molar-refractivity contribution < 1.29 is 9.53 Å². The number of nitrogens with zero attached hydrogens (tertiary/aromatic N) is 1. The molecule has 4 heteroatoms. The summed E-state index contributed by atoms with van der Waals surface area (Å²) in [6.07, 6.45) is 5.65. The van der Waals surface area contributed by atoms with Crippen LogP contribution in [-0.4, -0.2) is 36.7 Å². The maximum absolute atomic E-state index is 12.9. The van der Waals surface area contributed by atoms with Crippen LogP contribution in [0.4, 0.5) is 4.79 Å². The van der Waals surface area contributed by atoms with Gasteiger partial charge in [0, 0.05) is 25.8 Å². The Balaban J connectivity index is 1.67. The quantitative estimate of drug-likeness (QED) is 0.899. The van der Waals surface area contributed by atoms with Crippen molar-refractivity contribution in [1.29, 1.82) is 0 Å². The van der Waals surface area contributed by atoms with E-state index < -0.39 is 0 Å². The molecule has 23 heavy (non-hydrogen) atoms. The maximum atomic E-state index is 12.9. The third kappa shape index (κ3) is 4.25. The fourth-order valence-corrected chi connectivity index (χ4v) is 3.38. The van der Waals surface area contributed by atoms with Crippen molar-refractivity contribution in [3.05, 3.63) is 35.9 Å². The Morgan fingerprint density at radius 2 is 1.91 bits per heavy atom. The highest BCUT2D eigenvalue weighted by Crippen LogP contribution is 2.30. The minimum absolute atomic E-state index is 0.0835. The molecule has 1 aromatic rings. The van der Waals surface area contributed by atoms with Crippen molar-refractivity contribution in [2.45, 2.75) is 51.1 Å². The van der Waals surface area contributed by atoms with E-state index in [0.29, 0.717) is 5.92 Å². The second-order valence-electron chi connectivity index (χ2n) is 6.87. The predicted octanol–water partition coefficient (Wildman–Crippen LogP) is 3.74. The van der Waals surface area contributed by atoms with Crippen molar-refractivity contribution in [3.8, 4) is 0 Å². The van der Waals surface area contributed by atoms with E-state index in [0.717, 1.165) is 32.6 Å². The number of rotatable bonds is 5. The molecule has 3 rings (SSSR count). The number of carbonyl (C=O) groups is 1. The smallest absolute Gasteiger partial charge is 0.318 e. The monoisotopic (exact) mass is 316 g/mol. The lowest BCUT2D eigenvalue weighted by atomic mass is 9.84. The molecule has 0 radical (unpaired) electrons. The summed E-state index contributed by atoms with van der Waals surface area (Å²) in [5.41, 5.74) is 1.20. The molecule has 0 bridgehead atoms. The van der Waals surface area contributed by atoms with Gasteiger partial charge < -0.3 is 15.0 Å². The molecule has 1 aliphatic heterocycles. The summed E-state index contributed by atoms with van der Waals surface area (Å²) in [6, 6.07) is 10.8. The highest BCUT2D eigenvalue weighted by Gasteiger charge is 2.29. The van der Waals surface area contributed by atoms with Crippen molar-refractivity contribution >= 4 is 6.03 Å². The van der Waals surface area contributed by atoms with E-state index in [1.807, 2.05) is 23.1 Å². The fraction of sp³-hybridized carbons (Fsp3) is 0.632. The molecule has 0 spiro atoms. The largest absolute Gasteiger partial charge is 0.381 e. The Hall–Kier alpha value is -1.55. The van der Waals surface area contributed by atoms with E-state index in [9.17, 15) is 4.79 Å². The molecule has 2 amide bonds. The van der Waals surface area contributed by atoms with Gasteiger partial charge in [0.1, 0.15) is 0 Å². The van der Waals surface area contributed by atoms with Gasteiger partial charge in [-0.3, -0.25) is 0 Å². The van der Waals surface area contributed by atoms with Crippen molar-refractivity contribution in [2.75, 3.05) is 19.8 Å². The molecule has 1 aliphatic carbocycles. The summed E-state index contributed by atoms with van der Waals surface area (Å²) >= 11 is 0. The van der Waals surface area contributed by atoms with Gasteiger partial charge in [-0.2, -0.15) is 0 Å². The average molecular weight is 316 g/mol. The highest BCUT2D eigenvalue weighted by molar-refractivity contribution is 5.75. The second kappa shape index (κ2) is 7.82. The van der Waals surface area contributed by atoms with E-state index in [-0.39, 0.29) is 18.1 Å². The maximum Gasteiger partial charge on any atom is 0.318 e. The number of hydrogen-bond donors (Lipinski definition) is 1. The molecule has 1 atom stereocenters. The first-order valence-corrected chi connectivity index (χ1v) is 8.94. The van der Waals surface area contributed by atoms with E-state index in [4.69, 9.17) is 4.74 Å². The predicted molar refractivity (Wildman–Crippen MR) is 91.3 cm³/mol. The zero-order valence-electron chi connectivity index (χ0n) is 14.0. The Morgan fingerprint density at radius 1 is 1.22 bits per heavy atom. The number of benzene rings is 1. The van der Waals surface area contributed by atoms with Crippen LogP contribution in [0.2, 0.25) is 0 Å². The molecule has 0 aromatic heterocycles. The number of nitrogens with one attached hydrogen (secondary N) is 1. The summed E-state index contributed by atoms with van der Waals surface area (Å²) < 4.78 is 5.38. The highest BCUT2D eigenvalue weighted by atomic mass is 16.5. The van der Waals surface area contributed by atoms with Crippen LogP contribution >= 0.6 is 0 Å². The zero-order valence-corrected chi connectivity index (χ0v) is 14.0. The molecule has 1 unspecified atom stereocenters. The standard InChI is InChI=1S/C19H28N2O2/c1-15(17-8-3-2-4-9-17)21(14-16-6-5-7-16)19(22)20-18-10-12-23-13-11-18/h2-4,8-9,15-16,18H,5-7,10-14H2,1H3,(H,20,22). The van der Waals surface area contributed by atoms with Crippen LogP contribution in [0.3, 0.4) is 0 Å². The molecular weight excluding hydrogens is 288 g/mol. The van der Waals surface area contributed by atoms with Crippen molar-refractivity contribution in [2.24, 2.45) is 5.92 Å². The molecule has 1 aromatic carbocycles. The molecule has 2 fully saturated rings. The first-order valence-electron chi connectivity index (χ1n) is 8.94. The fourth-order valence-electron chi connectivity index (χ4n) is 3.38. The number of urea groups is 1. The summed E-state index contributed by atoms with van der Waals surface area (Å²) in [5.74, 6) is 0.668. The van der Waals surface area contributed by atoms with Gasteiger partial charge in [-0.05, 0) is 44.1 Å². The van der Waals surface area contributed by atoms with E-state index in [2.05, 4.69) is 24.4 Å². The third-order valence-corrected chi connectivity index (χ3v) is 5.24. The Bertz CT molecular complexity index is 495. The van der Waals surface area contributed by atoms with Gasteiger partial charge in [0.15, 0.2) is 0 Å². The lowest BCUT2D eigenvalue weighted by Crippen LogP contribution is -2.49. The number of amides is 2. The summed E-state index contributed by atoms with van der Waals surface area (Å²) in [5, 5.41) is 3.23. The lowest BCUT2D eigenvalue weighted by Gasteiger charge is -2.37. The van der Waals surface area contributed by atoms with Gasteiger partial charge in [0.2, 0.25) is 0 Å². The number of ether oxygens (including phenoxy) is 1. The summed E-state index contributed by atoms with van der Waals surface area (Å²) in [4.78, 5) is 14.9. The molecular formula is C19H28N2O2. The normalized spacial score (nSPS) is 20.6. The topological polar surface area (TPSA) is 41.6 Å². The first kappa shape index (κ1) is 16.3. The minimum Gasteiger partial charge on any atom is -0.381 e. The van der Waals surface area contributed by atoms with Gasteiger partial charge in [0.25, 0.3) is 0 Å². The summed E-state index contributed by atoms with van der Waals surface area (Å²) in [7, 11) is 0. The van der Waals surface area contributed by atoms with Crippen LogP contribution in [0.25, 0.3) is 0 Å². The molecule has 1 N–H and O–H groups in total. The lowest BCUT2D eigenvalue weighted by molar-refractivity contribution is 0.0756. The Morgan fingerprint density at radius 3 is 2.52 bits per heavy atom. The van der Waals surface area contributed by atoms with Crippen LogP contribution in [0, 0.1) is 5.92 Å². The molecule has 4 nitrogen and oxygen atoms in total. The third-order valence-electron chi connectivity index (χ3n) is 5.24. The van der Waals surface area contributed by atoms with E-state index >= 15 is 0 Å². The van der Waals surface area contributed by atoms with Crippen LogP contribution in [-0.2, 0) is 4.74 Å². The van der Waals surface area contributed by atoms with Crippen molar-refractivity contribution in [3.63, 3.8) is 0 Å². The van der Waals surface area contributed by atoms with Crippen molar-refractivity contribution in [1.82, 2.24) is 10.2 Å². The van der Waals surface area contributed by atoms with Gasteiger partial charge in [-0.25, -0.2) is 4.79 Å². The van der Waals surface area contributed by atoms with Gasteiger partial charge in [0.05, 0.1) is 6.04 Å². The van der Waals surface area contributed by atoms with Crippen LogP contribution in [0.1, 0.15) is 50.6 Å². The van der Waals surface area contributed by atoms with Gasteiger partial charge >= 0.3 is 6.03 Å². The first-order chi connectivity index (χ1) is 11.2. The average Bonchev–Trinajstić information content (AvgIpc) is 2.55. The second-order valence-corrected chi connectivity index (χ2v) is 6.87. The number of carbonyl (C=O) groups excluding carboxylic acids is 1. The van der Waals surface area contributed by atoms with Crippen LogP contribution < -0.4 is 5.32 Å². The number of hydrogen-bond acceptors (Lipinski definition) is 2. The SMILES string of the molecule is CC(c1ccccc1)N(CC1CCC1)C(=O)NC1CCOCC1. The van der Waals surface area contributed by atoms with Gasteiger partial charge in [-0.1, -0.05) is 36.8 Å². The minimum atomic E-state index is 0.0835. The van der Waals surface area contributed by atoms with Crippen LogP contribution in [0.15, 0.2) is 30.3 Å². The Labute approximate surface area is 139 Å². The Kier molecular flexibility index (Phi) is 5.55. The van der Waals surface area contributed by atoms with Crippen LogP contribution in [0.5, 0.6) is 0 Å². The molecule has 1 heterocycles.